The number of ether oxygens (including phenoxy) is 1. The van der Waals surface area contributed by atoms with Gasteiger partial charge in [-0.1, -0.05) is 5.16 Å². The Labute approximate surface area is 131 Å². The first-order valence-electron chi connectivity index (χ1n) is 6.67. The van der Waals surface area contributed by atoms with Crippen molar-refractivity contribution in [3.8, 4) is 5.75 Å². The maximum absolute atomic E-state index is 12.7. The number of carbonyl (C=O) groups excluding carboxylic acids is 1. The maximum atomic E-state index is 12.7. The summed E-state index contributed by atoms with van der Waals surface area (Å²) in [5.74, 6) is 0.681. The van der Waals surface area contributed by atoms with Crippen molar-refractivity contribution in [1.82, 2.24) is 4.90 Å². The molecule has 0 spiro atoms. The molecular weight excluding hydrogens is 338 g/mol. The van der Waals surface area contributed by atoms with Crippen molar-refractivity contribution in [1.29, 1.82) is 0 Å². The van der Waals surface area contributed by atoms with Crippen LogP contribution in [0.2, 0.25) is 0 Å². The molecule has 3 N–H and O–H groups in total. The lowest BCUT2D eigenvalue weighted by Gasteiger charge is -2.23. The van der Waals surface area contributed by atoms with Gasteiger partial charge in [-0.3, -0.25) is 4.79 Å². The van der Waals surface area contributed by atoms with Gasteiger partial charge < -0.3 is 20.6 Å². The topological polar surface area (TPSA) is 88.2 Å². The van der Waals surface area contributed by atoms with Crippen molar-refractivity contribution in [2.45, 2.75) is 25.3 Å². The second-order valence-electron chi connectivity index (χ2n) is 4.92. The molecule has 1 fully saturated rings. The van der Waals surface area contributed by atoms with E-state index < -0.39 is 0 Å². The van der Waals surface area contributed by atoms with Gasteiger partial charge in [-0.05, 0) is 47.0 Å². The van der Waals surface area contributed by atoms with E-state index in [1.165, 1.54) is 0 Å². The Morgan fingerprint density at radius 2 is 2.29 bits per heavy atom. The molecule has 0 saturated heterocycles. The molecule has 1 aromatic carbocycles. The number of oxime groups is 1. The van der Waals surface area contributed by atoms with Gasteiger partial charge in [0.2, 0.25) is 0 Å². The zero-order chi connectivity index (χ0) is 15.4. The molecule has 2 rings (SSSR count). The summed E-state index contributed by atoms with van der Waals surface area (Å²) in [6, 6.07) is 5.53. The Morgan fingerprint density at radius 1 is 1.57 bits per heavy atom. The molecule has 1 aliphatic carbocycles. The van der Waals surface area contributed by atoms with Gasteiger partial charge in [-0.25, -0.2) is 0 Å². The predicted octanol–water partition coefficient (Wildman–Crippen LogP) is 2.20. The summed E-state index contributed by atoms with van der Waals surface area (Å²) in [5.41, 5.74) is 6.05. The number of nitrogens with two attached hydrogens (primary N) is 1. The third kappa shape index (κ3) is 3.87. The number of methoxy groups -OCH3 is 1. The molecule has 6 nitrogen and oxygen atoms in total. The van der Waals surface area contributed by atoms with Gasteiger partial charge >= 0.3 is 0 Å². The SMILES string of the molecule is COc1ccc(Br)c(C(=O)N(CCC(N)=NO)C2CC2)c1. The van der Waals surface area contributed by atoms with Crippen molar-refractivity contribution in [2.75, 3.05) is 13.7 Å². The summed E-state index contributed by atoms with van der Waals surface area (Å²) in [4.78, 5) is 14.5. The first-order valence-corrected chi connectivity index (χ1v) is 7.47. The van der Waals surface area contributed by atoms with E-state index >= 15 is 0 Å². The van der Waals surface area contributed by atoms with Gasteiger partial charge in [-0.2, -0.15) is 0 Å². The van der Waals surface area contributed by atoms with Crippen LogP contribution in [-0.4, -0.2) is 41.5 Å². The summed E-state index contributed by atoms with van der Waals surface area (Å²) < 4.78 is 5.89. The highest BCUT2D eigenvalue weighted by atomic mass is 79.9. The zero-order valence-electron chi connectivity index (χ0n) is 11.8. The Kier molecular flexibility index (Phi) is 5.06. The third-order valence-electron chi connectivity index (χ3n) is 3.39. The van der Waals surface area contributed by atoms with Crippen LogP contribution in [0, 0.1) is 0 Å². The van der Waals surface area contributed by atoms with E-state index in [-0.39, 0.29) is 17.8 Å². The Hall–Kier alpha value is -1.76. The van der Waals surface area contributed by atoms with E-state index in [0.29, 0.717) is 24.3 Å². The summed E-state index contributed by atoms with van der Waals surface area (Å²) in [6.45, 7) is 0.434. The minimum atomic E-state index is -0.0750. The predicted molar refractivity (Wildman–Crippen MR) is 82.8 cm³/mol. The van der Waals surface area contributed by atoms with Crippen LogP contribution in [0.3, 0.4) is 0 Å². The van der Waals surface area contributed by atoms with Gasteiger partial charge in [-0.15, -0.1) is 0 Å². The number of hydrogen-bond donors (Lipinski definition) is 2. The summed E-state index contributed by atoms with van der Waals surface area (Å²) in [5, 5.41) is 11.5. The first-order chi connectivity index (χ1) is 10.1. The van der Waals surface area contributed by atoms with E-state index in [1.54, 1.807) is 30.2 Å². The number of amidine groups is 1. The van der Waals surface area contributed by atoms with E-state index in [1.807, 2.05) is 0 Å². The van der Waals surface area contributed by atoms with Gasteiger partial charge in [0.05, 0.1) is 12.7 Å². The van der Waals surface area contributed by atoms with E-state index in [0.717, 1.165) is 17.3 Å². The minimum Gasteiger partial charge on any atom is -0.497 e. The highest BCUT2D eigenvalue weighted by Crippen LogP contribution is 2.31. The summed E-state index contributed by atoms with van der Waals surface area (Å²) >= 11 is 3.40. The normalized spacial score (nSPS) is 14.9. The van der Waals surface area contributed by atoms with Gasteiger partial charge in [0.15, 0.2) is 0 Å². The van der Waals surface area contributed by atoms with E-state index in [4.69, 9.17) is 15.7 Å². The summed E-state index contributed by atoms with van der Waals surface area (Å²) in [6.07, 6.45) is 2.33. The number of nitrogens with zero attached hydrogens (tertiary/aromatic N) is 2. The Bertz CT molecular complexity index is 558. The van der Waals surface area contributed by atoms with Crippen LogP contribution in [-0.2, 0) is 0 Å². The molecule has 0 heterocycles. The largest absolute Gasteiger partial charge is 0.497 e. The fraction of sp³-hybridized carbons (Fsp3) is 0.429. The molecule has 0 bridgehead atoms. The van der Waals surface area contributed by atoms with Gasteiger partial charge in [0.25, 0.3) is 5.91 Å². The average Bonchev–Trinajstić information content (AvgIpc) is 3.32. The highest BCUT2D eigenvalue weighted by molar-refractivity contribution is 9.10. The number of hydrogen-bond acceptors (Lipinski definition) is 4. The lowest BCUT2D eigenvalue weighted by atomic mass is 10.1. The molecule has 0 aromatic heterocycles. The monoisotopic (exact) mass is 355 g/mol. The fourth-order valence-electron chi connectivity index (χ4n) is 2.07. The van der Waals surface area contributed by atoms with Crippen LogP contribution in [0.5, 0.6) is 5.75 Å². The molecule has 7 heteroatoms. The summed E-state index contributed by atoms with van der Waals surface area (Å²) in [7, 11) is 1.56. The van der Waals surface area contributed by atoms with E-state index in [2.05, 4.69) is 21.1 Å². The number of benzene rings is 1. The van der Waals surface area contributed by atoms with Crippen LogP contribution >= 0.6 is 15.9 Å². The van der Waals surface area contributed by atoms with Gasteiger partial charge in [0, 0.05) is 23.5 Å². The highest BCUT2D eigenvalue weighted by Gasteiger charge is 2.33. The number of halogens is 1. The van der Waals surface area contributed by atoms with Crippen molar-refractivity contribution >= 4 is 27.7 Å². The van der Waals surface area contributed by atoms with Crippen LogP contribution in [0.1, 0.15) is 29.6 Å². The Morgan fingerprint density at radius 3 is 2.86 bits per heavy atom. The van der Waals surface area contributed by atoms with Crippen molar-refractivity contribution in [2.24, 2.45) is 10.9 Å². The average molecular weight is 356 g/mol. The molecule has 1 amide bonds. The molecule has 0 atom stereocenters. The second-order valence-corrected chi connectivity index (χ2v) is 5.77. The Balaban J connectivity index is 2.18. The quantitative estimate of drug-likeness (QED) is 0.354. The molecule has 1 aliphatic rings. The molecule has 0 unspecified atom stereocenters. The lowest BCUT2D eigenvalue weighted by Crippen LogP contribution is -2.36. The molecule has 21 heavy (non-hydrogen) atoms. The van der Waals surface area contributed by atoms with Crippen molar-refractivity contribution in [3.05, 3.63) is 28.2 Å². The second kappa shape index (κ2) is 6.80. The standard InChI is InChI=1S/C14H18BrN3O3/c1-21-10-4-5-12(15)11(8-10)14(19)18(9-2-3-9)7-6-13(16)17-20/h4-5,8-9,20H,2-3,6-7H2,1H3,(H2,16,17). The molecule has 0 aliphatic heterocycles. The van der Waals surface area contributed by atoms with E-state index in [9.17, 15) is 4.79 Å². The third-order valence-corrected chi connectivity index (χ3v) is 4.08. The minimum absolute atomic E-state index is 0.0750. The molecule has 1 saturated carbocycles. The molecule has 114 valence electrons. The van der Waals surface area contributed by atoms with Crippen LogP contribution in [0.25, 0.3) is 0 Å². The van der Waals surface area contributed by atoms with Crippen LogP contribution in [0.4, 0.5) is 0 Å². The zero-order valence-corrected chi connectivity index (χ0v) is 13.3. The number of carbonyl (C=O) groups is 1. The lowest BCUT2D eigenvalue weighted by molar-refractivity contribution is 0.0746. The molecular formula is C14H18BrN3O3. The first kappa shape index (κ1) is 15.6. The molecule has 0 radical (unpaired) electrons. The smallest absolute Gasteiger partial charge is 0.255 e. The fourth-order valence-corrected chi connectivity index (χ4v) is 2.49. The van der Waals surface area contributed by atoms with Crippen LogP contribution < -0.4 is 10.5 Å². The van der Waals surface area contributed by atoms with Crippen molar-refractivity contribution in [3.63, 3.8) is 0 Å². The van der Waals surface area contributed by atoms with Gasteiger partial charge in [0.1, 0.15) is 11.6 Å². The molecule has 1 aromatic rings. The number of amides is 1. The van der Waals surface area contributed by atoms with Crippen molar-refractivity contribution < 1.29 is 14.7 Å². The van der Waals surface area contributed by atoms with Crippen LogP contribution in [0.15, 0.2) is 27.8 Å². The number of rotatable bonds is 6. The maximum Gasteiger partial charge on any atom is 0.255 e.